The molecule has 86 valence electrons. The van der Waals surface area contributed by atoms with E-state index >= 15 is 0 Å². The molecular formula is C13H8Cl2O2. The molecule has 0 saturated heterocycles. The van der Waals surface area contributed by atoms with Crippen LogP contribution in [0, 0.1) is 0 Å². The Morgan fingerprint density at radius 2 is 1.71 bits per heavy atom. The molecule has 0 amide bonds. The number of benzene rings is 2. The van der Waals surface area contributed by atoms with Crippen LogP contribution in [0.3, 0.4) is 0 Å². The Kier molecular flexibility index (Phi) is 3.36. The van der Waals surface area contributed by atoms with Crippen LogP contribution in [-0.4, -0.2) is 10.9 Å². The quantitative estimate of drug-likeness (QED) is 0.837. The zero-order valence-corrected chi connectivity index (χ0v) is 10.2. The molecule has 0 heterocycles. The molecule has 0 bridgehead atoms. The first-order valence-corrected chi connectivity index (χ1v) is 5.62. The van der Waals surface area contributed by atoms with Crippen molar-refractivity contribution in [3.8, 4) is 5.75 Å². The van der Waals surface area contributed by atoms with Crippen LogP contribution in [0.25, 0.3) is 0 Å². The lowest BCUT2D eigenvalue weighted by Gasteiger charge is -2.04. The normalized spacial score (nSPS) is 10.2. The number of hydrogen-bond donors (Lipinski definition) is 1. The highest BCUT2D eigenvalue weighted by molar-refractivity contribution is 6.32. The Bertz CT molecular complexity index is 579. The molecule has 0 saturated carbocycles. The fraction of sp³-hybridized carbons (Fsp3) is 0. The summed E-state index contributed by atoms with van der Waals surface area (Å²) in [5, 5.41) is 10.5. The fourth-order valence-corrected chi connectivity index (χ4v) is 1.84. The number of ketones is 1. The average Bonchev–Trinajstić information content (AvgIpc) is 2.31. The first kappa shape index (κ1) is 12.0. The largest absolute Gasteiger partial charge is 0.507 e. The van der Waals surface area contributed by atoms with Crippen LogP contribution in [0.5, 0.6) is 5.75 Å². The Labute approximate surface area is 108 Å². The minimum Gasteiger partial charge on any atom is -0.507 e. The molecule has 1 N–H and O–H groups in total. The fourth-order valence-electron chi connectivity index (χ4n) is 1.48. The lowest BCUT2D eigenvalue weighted by atomic mass is 10.0. The zero-order chi connectivity index (χ0) is 12.4. The van der Waals surface area contributed by atoms with E-state index in [2.05, 4.69) is 0 Å². The maximum Gasteiger partial charge on any atom is 0.196 e. The minimum absolute atomic E-state index is 0.0978. The van der Waals surface area contributed by atoms with Gasteiger partial charge in [0, 0.05) is 15.6 Å². The predicted molar refractivity (Wildman–Crippen MR) is 68.0 cm³/mol. The van der Waals surface area contributed by atoms with E-state index in [-0.39, 0.29) is 17.1 Å². The summed E-state index contributed by atoms with van der Waals surface area (Å²) in [6.07, 6.45) is 0. The summed E-state index contributed by atoms with van der Waals surface area (Å²) in [5.74, 6) is -0.410. The molecule has 0 unspecified atom stereocenters. The van der Waals surface area contributed by atoms with Gasteiger partial charge in [-0.05, 0) is 30.3 Å². The SMILES string of the molecule is O=C(c1cccc(Cl)c1)c1cc(Cl)ccc1O. The molecule has 2 rings (SSSR count). The van der Waals surface area contributed by atoms with E-state index in [9.17, 15) is 9.90 Å². The number of halogens is 2. The summed E-state index contributed by atoms with van der Waals surface area (Å²) < 4.78 is 0. The predicted octanol–water partition coefficient (Wildman–Crippen LogP) is 3.93. The molecule has 2 aromatic rings. The third kappa shape index (κ3) is 2.60. The van der Waals surface area contributed by atoms with Crippen LogP contribution in [0.4, 0.5) is 0 Å². The number of hydrogen-bond acceptors (Lipinski definition) is 2. The van der Waals surface area contributed by atoms with Gasteiger partial charge in [0.25, 0.3) is 0 Å². The molecule has 4 heteroatoms. The van der Waals surface area contributed by atoms with Crippen molar-refractivity contribution in [3.63, 3.8) is 0 Å². The number of carbonyl (C=O) groups excluding carboxylic acids is 1. The molecule has 0 aromatic heterocycles. The maximum absolute atomic E-state index is 12.1. The van der Waals surface area contributed by atoms with E-state index in [1.54, 1.807) is 24.3 Å². The first-order valence-electron chi connectivity index (χ1n) is 4.87. The van der Waals surface area contributed by atoms with Crippen molar-refractivity contribution >= 4 is 29.0 Å². The first-order chi connectivity index (χ1) is 8.08. The van der Waals surface area contributed by atoms with Gasteiger partial charge in [-0.1, -0.05) is 35.3 Å². The van der Waals surface area contributed by atoms with Gasteiger partial charge in [0.1, 0.15) is 5.75 Å². The number of aromatic hydroxyl groups is 1. The molecule has 0 aliphatic carbocycles. The number of rotatable bonds is 2. The topological polar surface area (TPSA) is 37.3 Å². The van der Waals surface area contributed by atoms with Gasteiger partial charge in [-0.15, -0.1) is 0 Å². The second-order valence-electron chi connectivity index (χ2n) is 3.50. The third-order valence-electron chi connectivity index (χ3n) is 2.29. The molecule has 0 radical (unpaired) electrons. The lowest BCUT2D eigenvalue weighted by molar-refractivity contribution is 0.103. The molecule has 2 aromatic carbocycles. The van der Waals surface area contributed by atoms with Gasteiger partial charge in [0.15, 0.2) is 5.78 Å². The zero-order valence-electron chi connectivity index (χ0n) is 8.65. The smallest absolute Gasteiger partial charge is 0.196 e. The van der Waals surface area contributed by atoms with Gasteiger partial charge in [-0.25, -0.2) is 0 Å². The second-order valence-corrected chi connectivity index (χ2v) is 4.37. The van der Waals surface area contributed by atoms with Crippen LogP contribution in [0.1, 0.15) is 15.9 Å². The van der Waals surface area contributed by atoms with Crippen LogP contribution in [0.15, 0.2) is 42.5 Å². The molecule has 0 aliphatic heterocycles. The molecule has 0 spiro atoms. The van der Waals surface area contributed by atoms with Gasteiger partial charge < -0.3 is 5.11 Å². The van der Waals surface area contributed by atoms with Crippen molar-refractivity contribution in [2.24, 2.45) is 0 Å². The highest BCUT2D eigenvalue weighted by atomic mass is 35.5. The minimum atomic E-state index is -0.312. The maximum atomic E-state index is 12.1. The van der Waals surface area contributed by atoms with Crippen molar-refractivity contribution in [2.75, 3.05) is 0 Å². The molecular weight excluding hydrogens is 259 g/mol. The van der Waals surface area contributed by atoms with Crippen molar-refractivity contribution in [2.45, 2.75) is 0 Å². The Balaban J connectivity index is 2.47. The summed E-state index contributed by atoms with van der Waals surface area (Å²) in [6.45, 7) is 0. The van der Waals surface area contributed by atoms with E-state index in [0.29, 0.717) is 15.6 Å². The van der Waals surface area contributed by atoms with Crippen LogP contribution in [-0.2, 0) is 0 Å². The van der Waals surface area contributed by atoms with Gasteiger partial charge in [0.2, 0.25) is 0 Å². The van der Waals surface area contributed by atoms with Crippen molar-refractivity contribution in [1.82, 2.24) is 0 Å². The monoisotopic (exact) mass is 266 g/mol. The van der Waals surface area contributed by atoms with E-state index in [4.69, 9.17) is 23.2 Å². The number of carbonyl (C=O) groups is 1. The van der Waals surface area contributed by atoms with E-state index in [1.807, 2.05) is 0 Å². The van der Waals surface area contributed by atoms with Crippen molar-refractivity contribution < 1.29 is 9.90 Å². The standard InChI is InChI=1S/C13H8Cl2O2/c14-9-3-1-2-8(6-9)13(17)11-7-10(15)4-5-12(11)16/h1-7,16H. The van der Waals surface area contributed by atoms with Crippen LogP contribution < -0.4 is 0 Å². The van der Waals surface area contributed by atoms with E-state index in [1.165, 1.54) is 18.2 Å². The Hall–Kier alpha value is -1.51. The second kappa shape index (κ2) is 4.78. The highest BCUT2D eigenvalue weighted by Gasteiger charge is 2.14. The van der Waals surface area contributed by atoms with Crippen molar-refractivity contribution in [1.29, 1.82) is 0 Å². The molecule has 2 nitrogen and oxygen atoms in total. The molecule has 17 heavy (non-hydrogen) atoms. The molecule has 0 atom stereocenters. The number of phenolic OH excluding ortho intramolecular Hbond substituents is 1. The van der Waals surface area contributed by atoms with E-state index < -0.39 is 0 Å². The average molecular weight is 267 g/mol. The van der Waals surface area contributed by atoms with Crippen molar-refractivity contribution in [3.05, 3.63) is 63.6 Å². The third-order valence-corrected chi connectivity index (χ3v) is 2.76. The van der Waals surface area contributed by atoms with E-state index in [0.717, 1.165) is 0 Å². The lowest BCUT2D eigenvalue weighted by Crippen LogP contribution is -2.01. The summed E-state index contributed by atoms with van der Waals surface area (Å²) in [4.78, 5) is 12.1. The molecule has 0 aliphatic rings. The van der Waals surface area contributed by atoms with Crippen LogP contribution in [0.2, 0.25) is 10.0 Å². The van der Waals surface area contributed by atoms with Gasteiger partial charge >= 0.3 is 0 Å². The van der Waals surface area contributed by atoms with Crippen LogP contribution >= 0.6 is 23.2 Å². The van der Waals surface area contributed by atoms with Gasteiger partial charge in [0.05, 0.1) is 5.56 Å². The van der Waals surface area contributed by atoms with Gasteiger partial charge in [-0.3, -0.25) is 4.79 Å². The summed E-state index contributed by atoms with van der Waals surface area (Å²) in [5.41, 5.74) is 0.579. The molecule has 0 fully saturated rings. The van der Waals surface area contributed by atoms with Gasteiger partial charge in [-0.2, -0.15) is 0 Å². The summed E-state index contributed by atoms with van der Waals surface area (Å²) in [7, 11) is 0. The number of phenols is 1. The Morgan fingerprint density at radius 1 is 1.00 bits per heavy atom. The highest BCUT2D eigenvalue weighted by Crippen LogP contribution is 2.25. The summed E-state index contributed by atoms with van der Waals surface area (Å²) >= 11 is 11.6. The Morgan fingerprint density at radius 3 is 2.41 bits per heavy atom. The summed E-state index contributed by atoms with van der Waals surface area (Å²) in [6, 6.07) is 10.9.